The third-order valence-electron chi connectivity index (χ3n) is 2.50. The first-order chi connectivity index (χ1) is 7.85. The number of nitrogens with zero attached hydrogens (tertiary/aromatic N) is 2. The maximum atomic E-state index is 5.52. The van der Waals surface area contributed by atoms with E-state index < -0.39 is 0 Å². The van der Waals surface area contributed by atoms with Gasteiger partial charge in [0, 0.05) is 12.3 Å². The fraction of sp³-hybridized carbons (Fsp3) is 0.333. The van der Waals surface area contributed by atoms with E-state index in [-0.39, 0.29) is 0 Å². The lowest BCUT2D eigenvalue weighted by Crippen LogP contribution is -2.01. The standard InChI is InChI=1S/C12H15N3O/c1-16-11-5-4-10-12(15-11)9(3-2-7-13)6-8-14-10/h4-6,8H,2-3,7,13H2,1H3. The molecule has 0 unspecified atom stereocenters. The molecule has 0 amide bonds. The second kappa shape index (κ2) is 4.90. The molecular formula is C12H15N3O. The van der Waals surface area contributed by atoms with Gasteiger partial charge in [0.1, 0.15) is 0 Å². The molecule has 2 aromatic heterocycles. The first-order valence-electron chi connectivity index (χ1n) is 5.34. The summed E-state index contributed by atoms with van der Waals surface area (Å²) in [5, 5.41) is 0. The molecule has 2 N–H and O–H groups in total. The first-order valence-corrected chi connectivity index (χ1v) is 5.34. The number of fused-ring (bicyclic) bond motifs is 1. The Balaban J connectivity index is 2.46. The summed E-state index contributed by atoms with van der Waals surface area (Å²) < 4.78 is 5.12. The summed E-state index contributed by atoms with van der Waals surface area (Å²) in [6.07, 6.45) is 3.69. The Morgan fingerprint density at radius 3 is 2.94 bits per heavy atom. The van der Waals surface area contributed by atoms with Crippen molar-refractivity contribution in [3.63, 3.8) is 0 Å². The first kappa shape index (κ1) is 10.8. The Labute approximate surface area is 94.5 Å². The molecule has 0 aliphatic rings. The molecule has 0 spiro atoms. The molecule has 0 atom stereocenters. The van der Waals surface area contributed by atoms with Crippen molar-refractivity contribution in [2.75, 3.05) is 13.7 Å². The second-order valence-corrected chi connectivity index (χ2v) is 3.58. The van der Waals surface area contributed by atoms with Crippen molar-refractivity contribution in [3.8, 4) is 5.88 Å². The smallest absolute Gasteiger partial charge is 0.213 e. The van der Waals surface area contributed by atoms with Crippen molar-refractivity contribution in [3.05, 3.63) is 30.0 Å². The maximum absolute atomic E-state index is 5.52. The molecule has 0 aliphatic heterocycles. The number of methoxy groups -OCH3 is 1. The minimum atomic E-state index is 0.620. The van der Waals surface area contributed by atoms with Crippen molar-refractivity contribution in [1.29, 1.82) is 0 Å². The fourth-order valence-corrected chi connectivity index (χ4v) is 1.67. The van der Waals surface area contributed by atoms with Gasteiger partial charge in [-0.25, -0.2) is 4.98 Å². The Kier molecular flexibility index (Phi) is 3.31. The monoisotopic (exact) mass is 217 g/mol. The normalized spacial score (nSPS) is 10.6. The molecule has 4 nitrogen and oxygen atoms in total. The lowest BCUT2D eigenvalue weighted by molar-refractivity contribution is 0.399. The highest BCUT2D eigenvalue weighted by molar-refractivity contribution is 5.78. The molecule has 0 aromatic carbocycles. The van der Waals surface area contributed by atoms with Crippen LogP contribution in [0.25, 0.3) is 11.0 Å². The molecule has 84 valence electrons. The fourth-order valence-electron chi connectivity index (χ4n) is 1.67. The van der Waals surface area contributed by atoms with Crippen LogP contribution in [0.5, 0.6) is 5.88 Å². The van der Waals surface area contributed by atoms with Crippen LogP contribution in [-0.4, -0.2) is 23.6 Å². The Morgan fingerprint density at radius 2 is 2.19 bits per heavy atom. The van der Waals surface area contributed by atoms with E-state index in [9.17, 15) is 0 Å². The minimum absolute atomic E-state index is 0.620. The summed E-state index contributed by atoms with van der Waals surface area (Å²) in [6.45, 7) is 0.688. The molecule has 0 aliphatic carbocycles. The molecule has 2 rings (SSSR count). The van der Waals surface area contributed by atoms with Crippen molar-refractivity contribution in [2.45, 2.75) is 12.8 Å². The van der Waals surface area contributed by atoms with Crippen LogP contribution in [0.15, 0.2) is 24.4 Å². The number of nitrogens with two attached hydrogens (primary N) is 1. The summed E-state index contributed by atoms with van der Waals surface area (Å²) in [5.74, 6) is 0.620. The van der Waals surface area contributed by atoms with Crippen LogP contribution in [0.4, 0.5) is 0 Å². The van der Waals surface area contributed by atoms with Crippen molar-refractivity contribution in [2.24, 2.45) is 5.73 Å². The number of hydrogen-bond donors (Lipinski definition) is 1. The van der Waals surface area contributed by atoms with E-state index in [1.54, 1.807) is 7.11 Å². The van der Waals surface area contributed by atoms with Crippen LogP contribution in [0.2, 0.25) is 0 Å². The number of hydrogen-bond acceptors (Lipinski definition) is 4. The van der Waals surface area contributed by atoms with E-state index >= 15 is 0 Å². The van der Waals surface area contributed by atoms with E-state index in [4.69, 9.17) is 10.5 Å². The van der Waals surface area contributed by atoms with Crippen molar-refractivity contribution < 1.29 is 4.74 Å². The lowest BCUT2D eigenvalue weighted by atomic mass is 10.1. The van der Waals surface area contributed by atoms with E-state index in [1.165, 1.54) is 5.56 Å². The van der Waals surface area contributed by atoms with Gasteiger partial charge in [-0.15, -0.1) is 0 Å². The molecule has 4 heteroatoms. The van der Waals surface area contributed by atoms with E-state index in [0.717, 1.165) is 23.9 Å². The highest BCUT2D eigenvalue weighted by atomic mass is 16.5. The zero-order valence-electron chi connectivity index (χ0n) is 9.31. The third-order valence-corrected chi connectivity index (χ3v) is 2.50. The van der Waals surface area contributed by atoms with Gasteiger partial charge in [0.25, 0.3) is 0 Å². The van der Waals surface area contributed by atoms with Gasteiger partial charge < -0.3 is 10.5 Å². The molecule has 0 bridgehead atoms. The summed E-state index contributed by atoms with van der Waals surface area (Å²) in [7, 11) is 1.62. The van der Waals surface area contributed by atoms with Crippen molar-refractivity contribution >= 4 is 11.0 Å². The molecule has 0 saturated heterocycles. The molecule has 0 fully saturated rings. The van der Waals surface area contributed by atoms with Gasteiger partial charge >= 0.3 is 0 Å². The Hall–Kier alpha value is -1.68. The molecule has 0 saturated carbocycles. The number of aryl methyl sites for hydroxylation is 1. The topological polar surface area (TPSA) is 61.0 Å². The van der Waals surface area contributed by atoms with E-state index in [1.807, 2.05) is 24.4 Å². The van der Waals surface area contributed by atoms with Gasteiger partial charge in [0.05, 0.1) is 18.1 Å². The van der Waals surface area contributed by atoms with Gasteiger partial charge in [-0.3, -0.25) is 4.98 Å². The van der Waals surface area contributed by atoms with Crippen LogP contribution in [-0.2, 0) is 6.42 Å². The van der Waals surface area contributed by atoms with Gasteiger partial charge in [0.15, 0.2) is 0 Å². The average molecular weight is 217 g/mol. The van der Waals surface area contributed by atoms with Crippen LogP contribution in [0.1, 0.15) is 12.0 Å². The quantitative estimate of drug-likeness (QED) is 0.843. The van der Waals surface area contributed by atoms with Gasteiger partial charge in [-0.05, 0) is 37.1 Å². The summed E-state index contributed by atoms with van der Waals surface area (Å²) in [5.41, 5.74) is 8.50. The third kappa shape index (κ3) is 2.12. The second-order valence-electron chi connectivity index (χ2n) is 3.58. The predicted molar refractivity (Wildman–Crippen MR) is 63.5 cm³/mol. The number of pyridine rings is 2. The van der Waals surface area contributed by atoms with Crippen molar-refractivity contribution in [1.82, 2.24) is 9.97 Å². The van der Waals surface area contributed by atoms with Crippen LogP contribution < -0.4 is 10.5 Å². The molecule has 2 aromatic rings. The lowest BCUT2D eigenvalue weighted by Gasteiger charge is -2.05. The van der Waals surface area contributed by atoms with Crippen LogP contribution >= 0.6 is 0 Å². The maximum Gasteiger partial charge on any atom is 0.213 e. The van der Waals surface area contributed by atoms with Crippen LogP contribution in [0.3, 0.4) is 0 Å². The summed E-state index contributed by atoms with van der Waals surface area (Å²) >= 11 is 0. The van der Waals surface area contributed by atoms with E-state index in [0.29, 0.717) is 12.4 Å². The average Bonchev–Trinajstić information content (AvgIpc) is 2.35. The number of aromatic nitrogens is 2. The highest BCUT2D eigenvalue weighted by Gasteiger charge is 2.04. The Morgan fingerprint density at radius 1 is 1.31 bits per heavy atom. The SMILES string of the molecule is COc1ccc2nccc(CCCN)c2n1. The zero-order chi connectivity index (χ0) is 11.4. The zero-order valence-corrected chi connectivity index (χ0v) is 9.31. The molecule has 16 heavy (non-hydrogen) atoms. The van der Waals surface area contributed by atoms with Gasteiger partial charge in [0.2, 0.25) is 5.88 Å². The largest absolute Gasteiger partial charge is 0.481 e. The van der Waals surface area contributed by atoms with Gasteiger partial charge in [-0.2, -0.15) is 0 Å². The van der Waals surface area contributed by atoms with Crippen LogP contribution in [0, 0.1) is 0 Å². The van der Waals surface area contributed by atoms with Gasteiger partial charge in [-0.1, -0.05) is 0 Å². The van der Waals surface area contributed by atoms with E-state index in [2.05, 4.69) is 9.97 Å². The molecular weight excluding hydrogens is 202 g/mol. The predicted octanol–water partition coefficient (Wildman–Crippen LogP) is 1.53. The minimum Gasteiger partial charge on any atom is -0.481 e. The number of rotatable bonds is 4. The molecule has 2 heterocycles. The summed E-state index contributed by atoms with van der Waals surface area (Å²) in [4.78, 5) is 8.70. The number of ether oxygens (including phenoxy) is 1. The highest BCUT2D eigenvalue weighted by Crippen LogP contribution is 2.19. The molecule has 0 radical (unpaired) electrons. The summed E-state index contributed by atoms with van der Waals surface area (Å²) in [6, 6.07) is 5.74. The Bertz CT molecular complexity index is 485.